The summed E-state index contributed by atoms with van der Waals surface area (Å²) >= 11 is 0. The normalized spacial score (nSPS) is 26.6. The predicted octanol–water partition coefficient (Wildman–Crippen LogP) is 13.0. The highest BCUT2D eigenvalue weighted by molar-refractivity contribution is 6.38. The van der Waals surface area contributed by atoms with Gasteiger partial charge in [0.1, 0.15) is 17.9 Å². The van der Waals surface area contributed by atoms with E-state index < -0.39 is 23.6 Å². The summed E-state index contributed by atoms with van der Waals surface area (Å²) in [5, 5.41) is 11.2. The Balaban J connectivity index is 1.20. The number of Topliss-reactive ketones (excluding diaryl/α,β-unsaturated/α-hetero) is 3. The Bertz CT molecular complexity index is 2030. The van der Waals surface area contributed by atoms with Gasteiger partial charge in [-0.15, -0.1) is 0 Å². The van der Waals surface area contributed by atoms with Crippen molar-refractivity contribution in [2.24, 2.45) is 51.8 Å². The number of ether oxygens (including phenoxy) is 3. The van der Waals surface area contributed by atoms with Crippen molar-refractivity contribution < 1.29 is 43.3 Å². The Morgan fingerprint density at radius 2 is 1.58 bits per heavy atom. The van der Waals surface area contributed by atoms with Crippen LogP contribution in [0, 0.1) is 46.8 Å². The van der Waals surface area contributed by atoms with Crippen molar-refractivity contribution in [1.29, 1.82) is 0 Å². The van der Waals surface area contributed by atoms with E-state index in [1.54, 1.807) is 7.11 Å². The number of nitrogens with zero attached hydrogens (tertiary/aromatic N) is 2. The van der Waals surface area contributed by atoms with Crippen molar-refractivity contribution in [2.75, 3.05) is 26.8 Å². The number of methoxy groups -OCH3 is 1. The largest absolute Gasteiger partial charge is 0.377 e. The predicted molar refractivity (Wildman–Crippen MR) is 298 cm³/mol. The van der Waals surface area contributed by atoms with Crippen LogP contribution in [0.5, 0.6) is 0 Å². The van der Waals surface area contributed by atoms with Crippen LogP contribution in [0.25, 0.3) is 0 Å². The monoisotopic (exact) mass is 1030 g/mol. The zero-order chi connectivity index (χ0) is 54.4. The lowest BCUT2D eigenvalue weighted by atomic mass is 9.70. The fourth-order valence-electron chi connectivity index (χ4n) is 11.2. The Hall–Kier alpha value is -3.90. The second-order valence-electron chi connectivity index (χ2n) is 23.5. The van der Waals surface area contributed by atoms with Gasteiger partial charge in [-0.2, -0.15) is 0 Å². The smallest absolute Gasteiger partial charge is 0.295 e. The maximum atomic E-state index is 13.7. The number of hydrogen-bond acceptors (Lipinski definition) is 10. The summed E-state index contributed by atoms with van der Waals surface area (Å²) in [4.78, 5) is 71.5. The fourth-order valence-corrected chi connectivity index (χ4v) is 11.2. The molecule has 2 aliphatic heterocycles. The van der Waals surface area contributed by atoms with Crippen LogP contribution < -0.4 is 0 Å². The molecule has 0 radical (unpaired) electrons. The van der Waals surface area contributed by atoms with E-state index in [2.05, 4.69) is 65.3 Å². The molecule has 4 aliphatic rings. The van der Waals surface area contributed by atoms with Gasteiger partial charge in [-0.3, -0.25) is 24.2 Å². The molecule has 2 aliphatic carbocycles. The van der Waals surface area contributed by atoms with Gasteiger partial charge in [0.05, 0.1) is 24.9 Å². The molecule has 0 aromatic carbocycles. The third-order valence-corrected chi connectivity index (χ3v) is 17.1. The van der Waals surface area contributed by atoms with E-state index in [1.807, 2.05) is 57.4 Å². The topological polar surface area (TPSA) is 149 Å². The molecule has 2 saturated heterocycles. The molecule has 4 rings (SSSR count). The van der Waals surface area contributed by atoms with Gasteiger partial charge in [0, 0.05) is 76.1 Å². The molecule has 0 aromatic rings. The minimum atomic E-state index is -2.10. The van der Waals surface area contributed by atoms with E-state index >= 15 is 0 Å². The molecule has 2 heterocycles. The van der Waals surface area contributed by atoms with Crippen LogP contribution in [0.3, 0.4) is 0 Å². The van der Waals surface area contributed by atoms with Crippen molar-refractivity contribution in [3.63, 3.8) is 0 Å². The highest BCUT2D eigenvalue weighted by Crippen LogP contribution is 2.44. The number of carbonyl (C=O) groups is 5. The first-order valence-electron chi connectivity index (χ1n) is 28.7. The van der Waals surface area contributed by atoms with Crippen LogP contribution in [0.4, 0.5) is 0 Å². The van der Waals surface area contributed by atoms with Gasteiger partial charge in [0.25, 0.3) is 11.7 Å². The van der Waals surface area contributed by atoms with Crippen molar-refractivity contribution in [1.82, 2.24) is 4.90 Å². The van der Waals surface area contributed by atoms with Gasteiger partial charge in [-0.05, 0) is 163 Å². The number of hydrogen-bond donors (Lipinski definition) is 1. The van der Waals surface area contributed by atoms with Crippen LogP contribution in [0.15, 0.2) is 77.0 Å². The second kappa shape index (κ2) is 31.4. The summed E-state index contributed by atoms with van der Waals surface area (Å²) in [6, 6.07) is 0. The number of allylic oxidation sites excluding steroid dienone is 7. The Morgan fingerprint density at radius 1 is 0.878 bits per heavy atom. The lowest BCUT2D eigenvalue weighted by molar-refractivity contribution is -0.244. The zero-order valence-electron chi connectivity index (χ0n) is 47.5. The summed E-state index contributed by atoms with van der Waals surface area (Å²) in [6.07, 6.45) is 32.1. The minimum Gasteiger partial charge on any atom is -0.377 e. The number of aldehydes is 1. The standard InChI is InChI=1S/C63H98N2O9/c1-12-45(4)50(9)64-42-51(13-2)43-73-54-27-32-62(10,33-28-54)31-26-52(29-36-66)39-57(67)49(8)38-47(6)56(53-24-25-53)41-58(68)48(7)37-44(3)21-16-14-17-22-46(5)59(72-11)40-55-23-20-30-63(71,74-55)60(69)61(70)65-34-18-15-19-35-65/h13-14,16-17,21-22,36,38,42,44-45,48-49,52-56,59,71H,2,12,15,18-20,23-35,37,39-41,43H2,1,3-11H3/b17-14+,21-16+,46-22+,47-38+,51-42+,64-50?/t44?,45?,48?,49?,52?,54?,55?,56?,59?,62?,63-/m1/s1. The van der Waals surface area contributed by atoms with Crippen molar-refractivity contribution >= 4 is 35.3 Å². The van der Waals surface area contributed by atoms with E-state index in [1.165, 1.54) is 4.90 Å². The van der Waals surface area contributed by atoms with Crippen LogP contribution >= 0.6 is 0 Å². The molecule has 74 heavy (non-hydrogen) atoms. The third kappa shape index (κ3) is 20.6. The first-order chi connectivity index (χ1) is 35.2. The lowest BCUT2D eigenvalue weighted by Gasteiger charge is -2.38. The molecular formula is C63H98N2O9. The summed E-state index contributed by atoms with van der Waals surface area (Å²) in [6.45, 7) is 24.5. The van der Waals surface area contributed by atoms with E-state index in [-0.39, 0.29) is 65.2 Å². The number of amides is 1. The molecule has 1 amide bonds. The Kier molecular flexibility index (Phi) is 26.5. The molecule has 0 bridgehead atoms. The van der Waals surface area contributed by atoms with Crippen LogP contribution in [0.1, 0.15) is 191 Å². The first-order valence-corrected chi connectivity index (χ1v) is 28.7. The van der Waals surface area contributed by atoms with Gasteiger partial charge in [-0.25, -0.2) is 0 Å². The number of piperidine rings is 1. The van der Waals surface area contributed by atoms with Crippen LogP contribution in [-0.2, 0) is 38.2 Å². The molecule has 8 unspecified atom stereocenters. The molecule has 11 nitrogen and oxygen atoms in total. The Morgan fingerprint density at radius 3 is 2.22 bits per heavy atom. The number of ketones is 3. The summed E-state index contributed by atoms with van der Waals surface area (Å²) in [7, 11) is 1.63. The van der Waals surface area contributed by atoms with Crippen molar-refractivity contribution in [3.05, 3.63) is 72.0 Å². The molecule has 2 saturated carbocycles. The minimum absolute atomic E-state index is 0.0273. The lowest BCUT2D eigenvalue weighted by Crippen LogP contribution is -2.55. The van der Waals surface area contributed by atoms with E-state index in [9.17, 15) is 29.1 Å². The Labute approximate surface area is 447 Å². The molecule has 0 spiro atoms. The maximum absolute atomic E-state index is 13.7. The van der Waals surface area contributed by atoms with Crippen molar-refractivity contribution in [3.8, 4) is 0 Å². The molecular weight excluding hydrogens is 929 g/mol. The van der Waals surface area contributed by atoms with E-state index in [0.29, 0.717) is 70.1 Å². The summed E-state index contributed by atoms with van der Waals surface area (Å²) < 4.78 is 18.1. The number of aliphatic imine (C=N–C) groups is 1. The number of carbonyl (C=O) groups excluding carboxylic acids is 5. The van der Waals surface area contributed by atoms with Crippen LogP contribution in [0.2, 0.25) is 0 Å². The van der Waals surface area contributed by atoms with Gasteiger partial charge in [0.15, 0.2) is 0 Å². The average Bonchev–Trinajstić information content (AvgIpc) is 4.24. The number of aliphatic hydroxyl groups is 1. The average molecular weight is 1030 g/mol. The summed E-state index contributed by atoms with van der Waals surface area (Å²) in [5.41, 5.74) is 4.37. The number of rotatable bonds is 32. The highest BCUT2D eigenvalue weighted by Gasteiger charge is 2.47. The van der Waals surface area contributed by atoms with E-state index in [4.69, 9.17) is 14.2 Å². The van der Waals surface area contributed by atoms with Crippen molar-refractivity contribution in [2.45, 2.75) is 215 Å². The molecule has 1 N–H and O–H groups in total. The molecule has 414 valence electrons. The molecule has 11 heteroatoms. The fraction of sp³-hybridized carbons (Fsp3) is 0.714. The number of likely N-dealkylation sites (tertiary alicyclic amines) is 1. The van der Waals surface area contributed by atoms with Gasteiger partial charge >= 0.3 is 0 Å². The zero-order valence-corrected chi connectivity index (χ0v) is 47.5. The molecule has 4 fully saturated rings. The SMILES string of the molecule is C=C/C(=C\N=C(C)C(C)CC)COC1CCC(C)(CCC(CC=O)CC(=O)C(C)/C=C(\C)C(CC(=O)C(C)CC(C)/C=C/C=C/C=C(\C)C(CC2CCC[C@](O)(C(=O)C(=O)N3CCCCC3)O2)OC)C2CC2)CC1. The van der Waals surface area contributed by atoms with Gasteiger partial charge in [0.2, 0.25) is 5.79 Å². The molecule has 9 atom stereocenters. The van der Waals surface area contributed by atoms with E-state index in [0.717, 1.165) is 112 Å². The quantitative estimate of drug-likeness (QED) is 0.0228. The van der Waals surface area contributed by atoms with Gasteiger partial charge in [-0.1, -0.05) is 96.2 Å². The van der Waals surface area contributed by atoms with Crippen LogP contribution in [-0.4, -0.2) is 96.2 Å². The first kappa shape index (κ1) is 62.6. The molecule has 0 aromatic heterocycles. The summed E-state index contributed by atoms with van der Waals surface area (Å²) in [5.74, 6) is -2.28. The van der Waals surface area contributed by atoms with Gasteiger partial charge < -0.3 is 29.0 Å². The second-order valence-corrected chi connectivity index (χ2v) is 23.5. The third-order valence-electron chi connectivity index (χ3n) is 17.1. The maximum Gasteiger partial charge on any atom is 0.295 e. The highest BCUT2D eigenvalue weighted by atomic mass is 16.6.